The van der Waals surface area contributed by atoms with Crippen LogP contribution in [0.2, 0.25) is 0 Å². The van der Waals surface area contributed by atoms with Crippen LogP contribution in [0.3, 0.4) is 0 Å². The van der Waals surface area contributed by atoms with E-state index in [2.05, 4.69) is 15.6 Å². The number of rotatable bonds is 7. The molecule has 1 aromatic rings. The van der Waals surface area contributed by atoms with Crippen molar-refractivity contribution in [2.45, 2.75) is 25.2 Å². The van der Waals surface area contributed by atoms with Crippen LogP contribution in [0.5, 0.6) is 0 Å². The van der Waals surface area contributed by atoms with E-state index in [0.717, 1.165) is 38.4 Å². The van der Waals surface area contributed by atoms with E-state index in [1.807, 2.05) is 19.1 Å². The van der Waals surface area contributed by atoms with Gasteiger partial charge in [0.2, 0.25) is 0 Å². The monoisotopic (exact) mass is 421 g/mol. The van der Waals surface area contributed by atoms with Crippen molar-refractivity contribution in [1.29, 1.82) is 0 Å². The van der Waals surface area contributed by atoms with E-state index in [1.54, 1.807) is 7.11 Å². The van der Waals surface area contributed by atoms with Crippen molar-refractivity contribution in [3.63, 3.8) is 0 Å². The molecule has 2 N–H and O–H groups in total. The van der Waals surface area contributed by atoms with Gasteiger partial charge in [-0.1, -0.05) is 12.1 Å². The number of benzene rings is 1. The summed E-state index contributed by atoms with van der Waals surface area (Å²) in [7, 11) is 1.68. The topological polar surface area (TPSA) is 45.7 Å². The third-order valence-corrected chi connectivity index (χ3v) is 3.79. The molecule has 2 rings (SSSR count). The molecule has 0 amide bonds. The smallest absolute Gasteiger partial charge is 0.191 e. The molecule has 1 aliphatic rings. The fourth-order valence-corrected chi connectivity index (χ4v) is 2.34. The van der Waals surface area contributed by atoms with Crippen molar-refractivity contribution in [1.82, 2.24) is 10.6 Å². The molecule has 6 heteroatoms. The zero-order valence-corrected chi connectivity index (χ0v) is 15.5. The highest BCUT2D eigenvalue weighted by molar-refractivity contribution is 14.0. The van der Waals surface area contributed by atoms with Crippen molar-refractivity contribution in [2.75, 3.05) is 33.4 Å². The van der Waals surface area contributed by atoms with Crippen LogP contribution < -0.4 is 10.6 Å². The number of hydrogen-bond donors (Lipinski definition) is 2. The van der Waals surface area contributed by atoms with E-state index in [1.165, 1.54) is 17.7 Å². The van der Waals surface area contributed by atoms with Gasteiger partial charge < -0.3 is 15.4 Å². The maximum atomic E-state index is 13.0. The fourth-order valence-electron chi connectivity index (χ4n) is 2.34. The first-order valence-electron chi connectivity index (χ1n) is 7.47. The lowest BCUT2D eigenvalue weighted by molar-refractivity contribution is 0.203. The van der Waals surface area contributed by atoms with Gasteiger partial charge in [0, 0.05) is 25.6 Å². The van der Waals surface area contributed by atoms with Gasteiger partial charge in [-0.2, -0.15) is 0 Å². The highest BCUT2D eigenvalue weighted by atomic mass is 127. The number of methoxy groups -OCH3 is 1. The molecule has 0 atom stereocenters. The van der Waals surface area contributed by atoms with Crippen LogP contribution >= 0.6 is 24.0 Å². The Labute approximate surface area is 148 Å². The quantitative estimate of drug-likeness (QED) is 0.308. The van der Waals surface area contributed by atoms with Crippen LogP contribution in [0.1, 0.15) is 25.3 Å². The largest absolute Gasteiger partial charge is 0.383 e. The summed E-state index contributed by atoms with van der Waals surface area (Å²) in [6.45, 7) is 4.96. The average Bonchev–Trinajstić information content (AvgIpc) is 3.27. The maximum Gasteiger partial charge on any atom is 0.191 e. The lowest BCUT2D eigenvalue weighted by Crippen LogP contribution is -2.39. The molecular weight excluding hydrogens is 396 g/mol. The molecule has 1 fully saturated rings. The molecule has 0 spiro atoms. The van der Waals surface area contributed by atoms with Crippen LogP contribution in [-0.2, 0) is 10.2 Å². The molecule has 0 bridgehead atoms. The Balaban J connectivity index is 0.00000242. The van der Waals surface area contributed by atoms with E-state index < -0.39 is 0 Å². The first-order chi connectivity index (χ1) is 10.2. The van der Waals surface area contributed by atoms with Crippen LogP contribution in [-0.4, -0.2) is 39.3 Å². The van der Waals surface area contributed by atoms with Gasteiger partial charge in [-0.25, -0.2) is 4.39 Å². The molecule has 22 heavy (non-hydrogen) atoms. The molecule has 0 radical (unpaired) electrons. The summed E-state index contributed by atoms with van der Waals surface area (Å²) < 4.78 is 18.1. The van der Waals surface area contributed by atoms with E-state index in [9.17, 15) is 4.39 Å². The number of hydrogen-bond acceptors (Lipinski definition) is 2. The normalized spacial score (nSPS) is 15.9. The van der Waals surface area contributed by atoms with E-state index >= 15 is 0 Å². The fraction of sp³-hybridized carbons (Fsp3) is 0.562. The van der Waals surface area contributed by atoms with Crippen molar-refractivity contribution in [3.05, 3.63) is 35.6 Å². The Morgan fingerprint density at radius 2 is 1.95 bits per heavy atom. The molecule has 4 nitrogen and oxygen atoms in total. The number of guanidine groups is 1. The highest BCUT2D eigenvalue weighted by Gasteiger charge is 2.44. The van der Waals surface area contributed by atoms with Gasteiger partial charge >= 0.3 is 0 Å². The Hall–Kier alpha value is -0.890. The summed E-state index contributed by atoms with van der Waals surface area (Å²) in [6, 6.07) is 6.81. The van der Waals surface area contributed by atoms with Gasteiger partial charge in [0.05, 0.1) is 13.2 Å². The SMILES string of the molecule is CCNC(=NCC1(c2ccc(F)cc2)CC1)NCCOC.I. The minimum atomic E-state index is -0.187. The van der Waals surface area contributed by atoms with Gasteiger partial charge in [-0.15, -0.1) is 24.0 Å². The third kappa shape index (κ3) is 5.39. The number of nitrogens with one attached hydrogen (secondary N) is 2. The van der Waals surface area contributed by atoms with Crippen molar-refractivity contribution >= 4 is 29.9 Å². The highest BCUT2D eigenvalue weighted by Crippen LogP contribution is 2.48. The molecule has 0 saturated heterocycles. The average molecular weight is 421 g/mol. The van der Waals surface area contributed by atoms with Gasteiger partial charge in [-0.3, -0.25) is 4.99 Å². The summed E-state index contributed by atoms with van der Waals surface area (Å²) in [5.41, 5.74) is 1.28. The zero-order valence-electron chi connectivity index (χ0n) is 13.2. The summed E-state index contributed by atoms with van der Waals surface area (Å²) in [5.74, 6) is 0.621. The minimum absolute atomic E-state index is 0. The maximum absolute atomic E-state index is 13.0. The number of halogens is 2. The second kappa shape index (κ2) is 9.29. The third-order valence-electron chi connectivity index (χ3n) is 3.79. The van der Waals surface area contributed by atoms with Gasteiger partial charge in [0.1, 0.15) is 5.82 Å². The van der Waals surface area contributed by atoms with Crippen LogP contribution in [0.4, 0.5) is 4.39 Å². The first kappa shape index (κ1) is 19.2. The molecule has 1 saturated carbocycles. The first-order valence-corrected chi connectivity index (χ1v) is 7.47. The molecule has 0 aliphatic heterocycles. The van der Waals surface area contributed by atoms with E-state index in [-0.39, 0.29) is 35.2 Å². The van der Waals surface area contributed by atoms with Crippen molar-refractivity contribution in [3.8, 4) is 0 Å². The lowest BCUT2D eigenvalue weighted by atomic mass is 9.96. The molecular formula is C16H25FIN3O. The molecule has 1 aliphatic carbocycles. The van der Waals surface area contributed by atoms with E-state index in [4.69, 9.17) is 4.74 Å². The second-order valence-corrected chi connectivity index (χ2v) is 5.40. The van der Waals surface area contributed by atoms with Gasteiger partial charge in [0.25, 0.3) is 0 Å². The number of ether oxygens (including phenoxy) is 1. The van der Waals surface area contributed by atoms with E-state index in [0.29, 0.717) is 6.61 Å². The summed E-state index contributed by atoms with van der Waals surface area (Å²) in [5, 5.41) is 6.46. The number of nitrogens with zero attached hydrogens (tertiary/aromatic N) is 1. The lowest BCUT2D eigenvalue weighted by Gasteiger charge is -2.16. The Kier molecular flexibility index (Phi) is 8.09. The van der Waals surface area contributed by atoms with Crippen LogP contribution in [0, 0.1) is 5.82 Å². The van der Waals surface area contributed by atoms with Crippen molar-refractivity contribution in [2.24, 2.45) is 4.99 Å². The standard InChI is InChI=1S/C16H24FN3O.HI/c1-3-18-15(19-10-11-21-2)20-12-16(8-9-16)13-4-6-14(17)7-5-13;/h4-7H,3,8-12H2,1-2H3,(H2,18,19,20);1H. The predicted octanol–water partition coefficient (Wildman–Crippen LogP) is 2.68. The van der Waals surface area contributed by atoms with Gasteiger partial charge in [0.15, 0.2) is 5.96 Å². The van der Waals surface area contributed by atoms with Crippen LogP contribution in [0.15, 0.2) is 29.3 Å². The summed E-state index contributed by atoms with van der Waals surface area (Å²) in [4.78, 5) is 4.66. The Morgan fingerprint density at radius 3 is 2.50 bits per heavy atom. The second-order valence-electron chi connectivity index (χ2n) is 5.40. The molecule has 1 aromatic carbocycles. The Morgan fingerprint density at radius 1 is 1.27 bits per heavy atom. The minimum Gasteiger partial charge on any atom is -0.383 e. The van der Waals surface area contributed by atoms with Gasteiger partial charge in [-0.05, 0) is 37.5 Å². The molecule has 0 aromatic heterocycles. The van der Waals surface area contributed by atoms with Crippen LogP contribution in [0.25, 0.3) is 0 Å². The number of aliphatic imine (C=N–C) groups is 1. The summed E-state index contributed by atoms with van der Waals surface area (Å²) in [6.07, 6.45) is 2.22. The Bertz CT molecular complexity index is 475. The predicted molar refractivity (Wildman–Crippen MR) is 98.6 cm³/mol. The zero-order chi connectivity index (χ0) is 15.1. The molecule has 0 heterocycles. The molecule has 124 valence electrons. The molecule has 0 unspecified atom stereocenters. The summed E-state index contributed by atoms with van der Waals surface area (Å²) >= 11 is 0. The van der Waals surface area contributed by atoms with Crippen molar-refractivity contribution < 1.29 is 9.13 Å².